The Morgan fingerprint density at radius 3 is 2.91 bits per heavy atom. The van der Waals surface area contributed by atoms with Gasteiger partial charge in [-0.05, 0) is 19.8 Å². The van der Waals surface area contributed by atoms with Crippen LogP contribution < -0.4 is 5.32 Å². The van der Waals surface area contributed by atoms with Crippen LogP contribution >= 0.6 is 0 Å². The first-order valence-electron chi connectivity index (χ1n) is 7.98. The van der Waals surface area contributed by atoms with Crippen LogP contribution in [0.1, 0.15) is 35.7 Å². The lowest BCUT2D eigenvalue weighted by molar-refractivity contribution is 0.496. The average molecular weight is 290 g/mol. The molecule has 1 saturated heterocycles. The van der Waals surface area contributed by atoms with Crippen LogP contribution in [0.4, 0.5) is 0 Å². The smallest absolute Gasteiger partial charge is 0.155 e. The normalized spacial score (nSPS) is 23.0. The highest BCUT2D eigenvalue weighted by Gasteiger charge is 2.34. The third-order valence-electron chi connectivity index (χ3n) is 5.02. The van der Waals surface area contributed by atoms with Gasteiger partial charge >= 0.3 is 0 Å². The van der Waals surface area contributed by atoms with Gasteiger partial charge in [-0.25, -0.2) is 9.50 Å². The molecule has 2 aliphatic heterocycles. The molecule has 2 unspecified atom stereocenters. The third-order valence-corrected chi connectivity index (χ3v) is 5.02. The summed E-state index contributed by atoms with van der Waals surface area (Å²) in [5.74, 6) is 0. The zero-order valence-electron chi connectivity index (χ0n) is 12.6. The molecule has 2 atom stereocenters. The van der Waals surface area contributed by atoms with Crippen molar-refractivity contribution in [3.8, 4) is 11.3 Å². The highest BCUT2D eigenvalue weighted by molar-refractivity contribution is 5.64. The number of nitrogens with one attached hydrogen (secondary N) is 1. The van der Waals surface area contributed by atoms with E-state index in [1.807, 2.05) is 6.20 Å². The Kier molecular flexibility index (Phi) is 2.47. The molecule has 22 heavy (non-hydrogen) atoms. The number of nitrogens with zero attached hydrogens (tertiary/aromatic N) is 3. The fourth-order valence-corrected chi connectivity index (χ4v) is 3.81. The molecule has 2 bridgehead atoms. The molecule has 1 aromatic carbocycles. The minimum absolute atomic E-state index is 0.470. The first-order valence-corrected chi connectivity index (χ1v) is 7.98. The van der Waals surface area contributed by atoms with Gasteiger partial charge in [0, 0.05) is 41.9 Å². The lowest BCUT2D eigenvalue weighted by atomic mass is 10.0. The zero-order valence-corrected chi connectivity index (χ0v) is 12.6. The standard InChI is InChI=1S/C18H18N4/c1-11-2-4-12(5-3-11)16-9-18-19-10-14-15-7-6-13(20-15)8-17(14)22(18)21-16/h2-5,9-10,13,15,20H,6-8H2,1H3. The van der Waals surface area contributed by atoms with E-state index >= 15 is 0 Å². The first kappa shape index (κ1) is 12.4. The highest BCUT2D eigenvalue weighted by atomic mass is 15.3. The van der Waals surface area contributed by atoms with Gasteiger partial charge in [-0.3, -0.25) is 0 Å². The highest BCUT2D eigenvalue weighted by Crippen LogP contribution is 2.35. The number of fused-ring (bicyclic) bond motifs is 6. The molecule has 0 saturated carbocycles. The zero-order chi connectivity index (χ0) is 14.7. The van der Waals surface area contributed by atoms with Crippen LogP contribution in [0, 0.1) is 6.92 Å². The van der Waals surface area contributed by atoms with E-state index in [-0.39, 0.29) is 0 Å². The fraction of sp³-hybridized carbons (Fsp3) is 0.333. The van der Waals surface area contributed by atoms with Crippen molar-refractivity contribution in [1.29, 1.82) is 0 Å². The Morgan fingerprint density at radius 1 is 1.18 bits per heavy atom. The Morgan fingerprint density at radius 2 is 2.05 bits per heavy atom. The van der Waals surface area contributed by atoms with Crippen LogP contribution in [-0.2, 0) is 6.42 Å². The predicted molar refractivity (Wildman–Crippen MR) is 85.8 cm³/mol. The summed E-state index contributed by atoms with van der Waals surface area (Å²) in [7, 11) is 0. The molecule has 2 aliphatic rings. The Hall–Kier alpha value is -2.20. The number of aryl methyl sites for hydroxylation is 1. The van der Waals surface area contributed by atoms with E-state index in [1.54, 1.807) is 0 Å². The van der Waals surface area contributed by atoms with Crippen molar-refractivity contribution in [1.82, 2.24) is 19.9 Å². The van der Waals surface area contributed by atoms with Crippen molar-refractivity contribution < 1.29 is 0 Å². The van der Waals surface area contributed by atoms with Gasteiger partial charge in [-0.1, -0.05) is 29.8 Å². The van der Waals surface area contributed by atoms with E-state index in [4.69, 9.17) is 5.10 Å². The molecular weight excluding hydrogens is 272 g/mol. The summed E-state index contributed by atoms with van der Waals surface area (Å²) in [6.45, 7) is 2.11. The first-order chi connectivity index (χ1) is 10.8. The summed E-state index contributed by atoms with van der Waals surface area (Å²) >= 11 is 0. The number of hydrogen-bond donors (Lipinski definition) is 1. The van der Waals surface area contributed by atoms with E-state index in [0.29, 0.717) is 12.1 Å². The van der Waals surface area contributed by atoms with Crippen LogP contribution in [-0.4, -0.2) is 20.6 Å². The molecule has 0 radical (unpaired) electrons. The minimum atomic E-state index is 0.470. The number of hydrogen-bond acceptors (Lipinski definition) is 3. The SMILES string of the molecule is Cc1ccc(-c2cc3ncc4c(n3n2)CC2CCC4N2)cc1. The van der Waals surface area contributed by atoms with E-state index in [1.165, 1.54) is 29.7 Å². The van der Waals surface area contributed by atoms with E-state index in [2.05, 4.69) is 52.1 Å². The minimum Gasteiger partial charge on any atom is -0.307 e. The number of aromatic nitrogens is 3. The monoisotopic (exact) mass is 290 g/mol. The summed E-state index contributed by atoms with van der Waals surface area (Å²) in [5.41, 5.74) is 7.06. The van der Waals surface area contributed by atoms with E-state index in [0.717, 1.165) is 23.3 Å². The topological polar surface area (TPSA) is 42.2 Å². The average Bonchev–Trinajstić information content (AvgIpc) is 3.13. The lowest BCUT2D eigenvalue weighted by Gasteiger charge is -2.24. The molecule has 1 N–H and O–H groups in total. The van der Waals surface area contributed by atoms with Gasteiger partial charge in [-0.15, -0.1) is 0 Å². The van der Waals surface area contributed by atoms with Gasteiger partial charge in [0.15, 0.2) is 5.65 Å². The van der Waals surface area contributed by atoms with Crippen molar-refractivity contribution in [2.45, 2.75) is 38.3 Å². The molecule has 2 aromatic heterocycles. The van der Waals surface area contributed by atoms with Crippen molar-refractivity contribution in [3.63, 3.8) is 0 Å². The van der Waals surface area contributed by atoms with Crippen LogP contribution in [0.5, 0.6) is 0 Å². The van der Waals surface area contributed by atoms with E-state index in [9.17, 15) is 0 Å². The second-order valence-electron chi connectivity index (χ2n) is 6.52. The van der Waals surface area contributed by atoms with Gasteiger partial charge < -0.3 is 5.32 Å². The maximum Gasteiger partial charge on any atom is 0.155 e. The molecule has 0 aliphatic carbocycles. The molecule has 0 spiro atoms. The van der Waals surface area contributed by atoms with Gasteiger partial charge in [0.05, 0.1) is 11.4 Å². The van der Waals surface area contributed by atoms with Crippen LogP contribution in [0.25, 0.3) is 16.9 Å². The quantitative estimate of drug-likeness (QED) is 0.749. The van der Waals surface area contributed by atoms with Gasteiger partial charge in [-0.2, -0.15) is 5.10 Å². The van der Waals surface area contributed by atoms with Crippen molar-refractivity contribution in [3.05, 3.63) is 53.3 Å². The van der Waals surface area contributed by atoms with Gasteiger partial charge in [0.2, 0.25) is 0 Å². The Labute approximate surface area is 129 Å². The molecule has 0 amide bonds. The molecule has 110 valence electrons. The number of rotatable bonds is 1. The third kappa shape index (κ3) is 1.74. The van der Waals surface area contributed by atoms with Crippen LogP contribution in [0.15, 0.2) is 36.5 Å². The summed E-state index contributed by atoms with van der Waals surface area (Å²) in [4.78, 5) is 4.64. The summed E-state index contributed by atoms with van der Waals surface area (Å²) < 4.78 is 2.07. The molecule has 4 nitrogen and oxygen atoms in total. The second-order valence-corrected chi connectivity index (χ2v) is 6.52. The van der Waals surface area contributed by atoms with Crippen molar-refractivity contribution in [2.24, 2.45) is 0 Å². The Balaban J connectivity index is 1.68. The fourth-order valence-electron chi connectivity index (χ4n) is 3.81. The predicted octanol–water partition coefficient (Wildman–Crippen LogP) is 3.05. The molecule has 1 fully saturated rings. The molecule has 3 aromatic rings. The summed E-state index contributed by atoms with van der Waals surface area (Å²) in [5, 5.41) is 8.52. The van der Waals surface area contributed by atoms with Gasteiger partial charge in [0.25, 0.3) is 0 Å². The van der Waals surface area contributed by atoms with Crippen molar-refractivity contribution in [2.75, 3.05) is 0 Å². The van der Waals surface area contributed by atoms with Crippen LogP contribution in [0.2, 0.25) is 0 Å². The van der Waals surface area contributed by atoms with Gasteiger partial charge in [0.1, 0.15) is 0 Å². The summed E-state index contributed by atoms with van der Waals surface area (Å²) in [6.07, 6.45) is 5.58. The Bertz CT molecular complexity index is 863. The maximum atomic E-state index is 4.85. The molecular formula is C18H18N4. The number of benzene rings is 1. The van der Waals surface area contributed by atoms with Crippen molar-refractivity contribution >= 4 is 5.65 Å². The van der Waals surface area contributed by atoms with Crippen LogP contribution in [0.3, 0.4) is 0 Å². The molecule has 4 heteroatoms. The molecule has 5 rings (SSSR count). The largest absolute Gasteiger partial charge is 0.307 e. The second kappa shape index (κ2) is 4.40. The van der Waals surface area contributed by atoms with E-state index < -0.39 is 0 Å². The maximum absolute atomic E-state index is 4.85. The summed E-state index contributed by atoms with van der Waals surface area (Å²) in [6, 6.07) is 11.7. The molecule has 4 heterocycles. The lowest BCUT2D eigenvalue weighted by Crippen LogP contribution is -2.33.